The van der Waals surface area contributed by atoms with Gasteiger partial charge in [0.1, 0.15) is 11.9 Å². The molecule has 0 radical (unpaired) electrons. The first-order valence-electron chi connectivity index (χ1n) is 9.53. The maximum absolute atomic E-state index is 12.4. The smallest absolute Gasteiger partial charge is 0.336 e. The Balaban J connectivity index is 1.62. The molecule has 0 spiro atoms. The Hall–Kier alpha value is -2.85. The van der Waals surface area contributed by atoms with Crippen LogP contribution in [0.4, 0.5) is 0 Å². The molecular weight excluding hydrogens is 388 g/mol. The van der Waals surface area contributed by atoms with Crippen molar-refractivity contribution in [1.29, 1.82) is 0 Å². The lowest BCUT2D eigenvalue weighted by Crippen LogP contribution is -2.21. The molecule has 4 nitrogen and oxygen atoms in total. The Labute approximate surface area is 174 Å². The average Bonchev–Trinajstić information content (AvgIpc) is 2.98. The van der Waals surface area contributed by atoms with E-state index in [0.29, 0.717) is 16.3 Å². The van der Waals surface area contributed by atoms with E-state index in [1.807, 2.05) is 32.0 Å². The molecule has 1 heterocycles. The fourth-order valence-electron chi connectivity index (χ4n) is 4.20. The largest absolute Gasteiger partial charge is 0.453 e. The minimum atomic E-state index is -0.479. The molecule has 5 heteroatoms. The predicted molar refractivity (Wildman–Crippen MR) is 112 cm³/mol. The van der Waals surface area contributed by atoms with Crippen LogP contribution in [0.2, 0.25) is 5.02 Å². The molecule has 4 rings (SSSR count). The first kappa shape index (κ1) is 19.5. The van der Waals surface area contributed by atoms with Gasteiger partial charge in [-0.25, -0.2) is 9.59 Å². The van der Waals surface area contributed by atoms with Crippen LogP contribution in [0.3, 0.4) is 0 Å². The summed E-state index contributed by atoms with van der Waals surface area (Å²) in [7, 11) is 0. The van der Waals surface area contributed by atoms with E-state index < -0.39 is 5.97 Å². The number of halogens is 1. The van der Waals surface area contributed by atoms with E-state index in [1.54, 1.807) is 18.2 Å². The zero-order valence-electron chi connectivity index (χ0n) is 16.3. The standard InChI is InChI=1S/C24H21ClO4/c1-13-11-20(28-21(26)10-7-16-5-4-6-17(25)12-16)15(3)22-18(13)8-9-19-14(2)24(27)29-23(19)22/h4-7,10-12,19,23H,2,8-9H2,1,3H3/b10-7+/t19-,23+/m0/s1. The molecule has 1 aliphatic heterocycles. The number of esters is 2. The second kappa shape index (κ2) is 7.53. The number of ether oxygens (including phenoxy) is 2. The minimum Gasteiger partial charge on any atom is -0.453 e. The van der Waals surface area contributed by atoms with Crippen molar-refractivity contribution in [3.8, 4) is 5.75 Å². The van der Waals surface area contributed by atoms with Crippen molar-refractivity contribution in [3.63, 3.8) is 0 Å². The topological polar surface area (TPSA) is 52.6 Å². The fourth-order valence-corrected chi connectivity index (χ4v) is 4.39. The third-order valence-corrected chi connectivity index (χ3v) is 5.93. The highest BCUT2D eigenvalue weighted by Gasteiger charge is 2.44. The van der Waals surface area contributed by atoms with Gasteiger partial charge in [0.2, 0.25) is 0 Å². The van der Waals surface area contributed by atoms with Gasteiger partial charge in [0.25, 0.3) is 0 Å². The molecule has 2 aromatic rings. The number of aryl methyl sites for hydroxylation is 1. The summed E-state index contributed by atoms with van der Waals surface area (Å²) in [5.74, 6) is -0.345. The number of hydrogen-bond donors (Lipinski definition) is 0. The molecule has 0 unspecified atom stereocenters. The van der Waals surface area contributed by atoms with Crippen molar-refractivity contribution in [2.45, 2.75) is 32.8 Å². The fraction of sp³-hybridized carbons (Fsp3) is 0.250. The molecule has 0 saturated carbocycles. The summed E-state index contributed by atoms with van der Waals surface area (Å²) in [6.45, 7) is 7.79. The van der Waals surface area contributed by atoms with Crippen molar-refractivity contribution in [3.05, 3.63) is 81.4 Å². The van der Waals surface area contributed by atoms with E-state index in [1.165, 1.54) is 11.6 Å². The van der Waals surface area contributed by atoms with E-state index >= 15 is 0 Å². The van der Waals surface area contributed by atoms with Gasteiger partial charge in [0.15, 0.2) is 0 Å². The number of fused-ring (bicyclic) bond motifs is 3. The quantitative estimate of drug-likeness (QED) is 0.393. The number of benzene rings is 2. The van der Waals surface area contributed by atoms with Gasteiger partial charge in [0, 0.05) is 28.2 Å². The summed E-state index contributed by atoms with van der Waals surface area (Å²) >= 11 is 5.97. The van der Waals surface area contributed by atoms with Gasteiger partial charge in [-0.3, -0.25) is 0 Å². The number of hydrogen-bond acceptors (Lipinski definition) is 4. The summed E-state index contributed by atoms with van der Waals surface area (Å²) in [5, 5.41) is 0.601. The Morgan fingerprint density at radius 1 is 1.31 bits per heavy atom. The summed E-state index contributed by atoms with van der Waals surface area (Å²) in [4.78, 5) is 24.4. The van der Waals surface area contributed by atoms with Gasteiger partial charge in [0.05, 0.1) is 0 Å². The lowest BCUT2D eigenvalue weighted by Gasteiger charge is -2.30. The molecule has 0 N–H and O–H groups in total. The van der Waals surface area contributed by atoms with Crippen LogP contribution in [0.25, 0.3) is 6.08 Å². The van der Waals surface area contributed by atoms with Crippen molar-refractivity contribution < 1.29 is 19.1 Å². The molecular formula is C24H21ClO4. The van der Waals surface area contributed by atoms with Gasteiger partial charge in [-0.1, -0.05) is 30.3 Å². The molecule has 0 bridgehead atoms. The van der Waals surface area contributed by atoms with Gasteiger partial charge in [-0.2, -0.15) is 0 Å². The molecule has 2 aromatic carbocycles. The number of rotatable bonds is 3. The highest BCUT2D eigenvalue weighted by molar-refractivity contribution is 6.30. The van der Waals surface area contributed by atoms with E-state index in [0.717, 1.165) is 35.1 Å². The zero-order valence-corrected chi connectivity index (χ0v) is 17.1. The summed E-state index contributed by atoms with van der Waals surface area (Å²) in [6, 6.07) is 9.09. The van der Waals surface area contributed by atoms with Crippen LogP contribution in [0.1, 0.15) is 40.3 Å². The average molecular weight is 409 g/mol. The van der Waals surface area contributed by atoms with Crippen LogP contribution in [-0.4, -0.2) is 11.9 Å². The summed E-state index contributed by atoms with van der Waals surface area (Å²) < 4.78 is 11.2. The van der Waals surface area contributed by atoms with E-state index in [2.05, 4.69) is 6.58 Å². The third-order valence-electron chi connectivity index (χ3n) is 5.69. The molecule has 1 saturated heterocycles. The van der Waals surface area contributed by atoms with Crippen LogP contribution in [0.5, 0.6) is 5.75 Å². The van der Waals surface area contributed by atoms with Crippen molar-refractivity contribution in [2.24, 2.45) is 5.92 Å². The monoisotopic (exact) mass is 408 g/mol. The Bertz CT molecular complexity index is 1070. The molecule has 1 aliphatic carbocycles. The number of carbonyl (C=O) groups excluding carboxylic acids is 2. The van der Waals surface area contributed by atoms with Gasteiger partial charge < -0.3 is 9.47 Å². The zero-order chi connectivity index (χ0) is 20.7. The van der Waals surface area contributed by atoms with Crippen LogP contribution in [0.15, 0.2) is 48.6 Å². The van der Waals surface area contributed by atoms with Gasteiger partial charge in [-0.15, -0.1) is 0 Å². The highest BCUT2D eigenvalue weighted by atomic mass is 35.5. The molecule has 1 fully saturated rings. The second-order valence-corrected chi connectivity index (χ2v) is 7.95. The van der Waals surface area contributed by atoms with Crippen LogP contribution in [0, 0.1) is 19.8 Å². The SMILES string of the molecule is C=C1C(=O)O[C@H]2c3c(C)c(OC(=O)/C=C/c4cccc(Cl)c4)cc(C)c3CC[C@@H]12. The van der Waals surface area contributed by atoms with Crippen LogP contribution >= 0.6 is 11.6 Å². The summed E-state index contributed by atoms with van der Waals surface area (Å²) in [6.07, 6.45) is 4.37. The molecule has 29 heavy (non-hydrogen) atoms. The highest BCUT2D eigenvalue weighted by Crippen LogP contribution is 2.49. The van der Waals surface area contributed by atoms with Gasteiger partial charge >= 0.3 is 11.9 Å². The molecule has 0 aromatic heterocycles. The van der Waals surface area contributed by atoms with Crippen LogP contribution in [-0.2, 0) is 20.7 Å². The van der Waals surface area contributed by atoms with Crippen LogP contribution < -0.4 is 4.74 Å². The normalized spacial score (nSPS) is 20.4. The molecule has 2 aliphatic rings. The maximum Gasteiger partial charge on any atom is 0.336 e. The van der Waals surface area contributed by atoms with Gasteiger partial charge in [-0.05, 0) is 73.2 Å². The first-order valence-corrected chi connectivity index (χ1v) is 9.91. The maximum atomic E-state index is 12.4. The molecule has 0 amide bonds. The van der Waals surface area contributed by atoms with E-state index in [9.17, 15) is 9.59 Å². The van der Waals surface area contributed by atoms with Crippen molar-refractivity contribution in [2.75, 3.05) is 0 Å². The van der Waals surface area contributed by atoms with E-state index in [4.69, 9.17) is 21.1 Å². The Kier molecular flexibility index (Phi) is 5.05. The molecule has 2 atom stereocenters. The Morgan fingerprint density at radius 2 is 2.10 bits per heavy atom. The predicted octanol–water partition coefficient (Wildman–Crippen LogP) is 5.29. The molecule has 148 valence electrons. The third kappa shape index (κ3) is 3.60. The lowest BCUT2D eigenvalue weighted by atomic mass is 9.76. The summed E-state index contributed by atoms with van der Waals surface area (Å²) in [5.41, 5.74) is 5.32. The lowest BCUT2D eigenvalue weighted by molar-refractivity contribution is -0.139. The minimum absolute atomic E-state index is 0.0122. The van der Waals surface area contributed by atoms with Crippen molar-refractivity contribution >= 4 is 29.6 Å². The second-order valence-electron chi connectivity index (χ2n) is 7.51. The van der Waals surface area contributed by atoms with E-state index in [-0.39, 0.29) is 18.0 Å². The first-order chi connectivity index (χ1) is 13.8. The van der Waals surface area contributed by atoms with Crippen molar-refractivity contribution in [1.82, 2.24) is 0 Å². The number of carbonyl (C=O) groups is 2. The Morgan fingerprint density at radius 3 is 2.86 bits per heavy atom.